The van der Waals surface area contributed by atoms with Crippen LogP contribution < -0.4 is 0 Å². The van der Waals surface area contributed by atoms with Crippen molar-refractivity contribution in [3.8, 4) is 0 Å². The van der Waals surface area contributed by atoms with Crippen LogP contribution in [0.25, 0.3) is 0 Å². The van der Waals surface area contributed by atoms with E-state index in [1.807, 2.05) is 20.8 Å². The van der Waals surface area contributed by atoms with Crippen molar-refractivity contribution >= 4 is 5.97 Å². The summed E-state index contributed by atoms with van der Waals surface area (Å²) < 4.78 is 11.9. The van der Waals surface area contributed by atoms with Crippen LogP contribution in [-0.2, 0) is 14.3 Å². The third kappa shape index (κ3) is 2.00. The molecule has 3 saturated carbocycles. The van der Waals surface area contributed by atoms with Gasteiger partial charge in [0.1, 0.15) is 22.9 Å². The molecule has 5 rings (SSSR count). The molecule has 0 aromatic carbocycles. The zero-order valence-electron chi connectivity index (χ0n) is 17.7. The van der Waals surface area contributed by atoms with Gasteiger partial charge in [0.2, 0.25) is 0 Å². The summed E-state index contributed by atoms with van der Waals surface area (Å²) in [5.74, 6) is -1.93. The minimum absolute atomic E-state index is 0.0556. The molecule has 1 aliphatic heterocycles. The van der Waals surface area contributed by atoms with Crippen LogP contribution >= 0.6 is 0 Å². The van der Waals surface area contributed by atoms with Crippen molar-refractivity contribution in [1.82, 2.24) is 0 Å². The van der Waals surface area contributed by atoms with Gasteiger partial charge in [-0.25, -0.2) is 0 Å². The highest BCUT2D eigenvalue weighted by Gasteiger charge is 2.88. The van der Waals surface area contributed by atoms with Crippen LogP contribution in [0.4, 0.5) is 0 Å². The number of carbonyl (C=O) groups excluding carboxylic acids is 1. The zero-order valence-corrected chi connectivity index (χ0v) is 17.7. The van der Waals surface area contributed by atoms with Gasteiger partial charge in [-0.2, -0.15) is 0 Å². The first kappa shape index (κ1) is 19.9. The fourth-order valence-electron chi connectivity index (χ4n) is 7.85. The number of rotatable bonds is 2. The summed E-state index contributed by atoms with van der Waals surface area (Å²) in [6, 6.07) is 0. The summed E-state index contributed by atoms with van der Waals surface area (Å²) >= 11 is 0. The van der Waals surface area contributed by atoms with Crippen LogP contribution in [0.15, 0.2) is 11.6 Å². The Morgan fingerprint density at radius 3 is 2.59 bits per heavy atom. The van der Waals surface area contributed by atoms with Gasteiger partial charge in [0.15, 0.2) is 0 Å². The van der Waals surface area contributed by atoms with Crippen molar-refractivity contribution in [2.75, 3.05) is 6.61 Å². The molecule has 29 heavy (non-hydrogen) atoms. The molecule has 5 aliphatic rings. The smallest absolute Gasteiger partial charge is 0.303 e. The number of carbonyl (C=O) groups is 1. The Morgan fingerprint density at radius 1 is 1.34 bits per heavy atom. The molecule has 0 amide bonds. The molecule has 7 nitrogen and oxygen atoms in total. The monoisotopic (exact) mass is 408 g/mol. The van der Waals surface area contributed by atoms with Gasteiger partial charge in [-0.3, -0.25) is 4.79 Å². The quantitative estimate of drug-likeness (QED) is 0.299. The number of hydrogen-bond donors (Lipinski definition) is 4. The van der Waals surface area contributed by atoms with Gasteiger partial charge in [-0.15, -0.1) is 0 Å². The molecule has 1 saturated heterocycles. The first-order valence-electron chi connectivity index (χ1n) is 10.6. The van der Waals surface area contributed by atoms with E-state index in [0.29, 0.717) is 12.0 Å². The fourth-order valence-corrected chi connectivity index (χ4v) is 7.85. The normalized spacial score (nSPS) is 58.7. The lowest BCUT2D eigenvalue weighted by molar-refractivity contribution is -0.211. The Bertz CT molecular complexity index is 822. The van der Waals surface area contributed by atoms with Gasteiger partial charge in [0.05, 0.1) is 18.3 Å². The standard InChI is InChI=1S/C22H32O7/c1-10-6-13-20(26,16(10)25)8-19(9-23)17(29-19)14-15-18(4,5)21(15,28-12(3)24)7-11(2)22(13,14)27/h6,11,13-17,23,25-27H,7-9H2,1-5H3/t11-,13-,14-,15+,16?,17?,19?,20-,21+,22+/m1/s1. The van der Waals surface area contributed by atoms with E-state index >= 15 is 0 Å². The van der Waals surface area contributed by atoms with Gasteiger partial charge in [-0.1, -0.05) is 26.8 Å². The first-order chi connectivity index (χ1) is 13.3. The van der Waals surface area contributed by atoms with Crippen LogP contribution in [0.3, 0.4) is 0 Å². The molecule has 4 aliphatic carbocycles. The minimum atomic E-state index is -1.61. The van der Waals surface area contributed by atoms with E-state index in [-0.39, 0.29) is 36.2 Å². The van der Waals surface area contributed by atoms with Crippen molar-refractivity contribution in [1.29, 1.82) is 0 Å². The molecule has 0 bridgehead atoms. The molecule has 4 N–H and O–H groups in total. The number of esters is 1. The lowest BCUT2D eigenvalue weighted by Gasteiger charge is -2.52. The van der Waals surface area contributed by atoms with E-state index in [1.54, 1.807) is 13.0 Å². The first-order valence-corrected chi connectivity index (χ1v) is 10.6. The number of epoxide rings is 1. The topological polar surface area (TPSA) is 120 Å². The Labute approximate surface area is 170 Å². The maximum atomic E-state index is 12.3. The van der Waals surface area contributed by atoms with Crippen LogP contribution in [0.2, 0.25) is 0 Å². The maximum absolute atomic E-state index is 12.3. The van der Waals surface area contributed by atoms with Crippen LogP contribution in [0.1, 0.15) is 47.5 Å². The number of aliphatic hydroxyl groups excluding tert-OH is 2. The number of ether oxygens (including phenoxy) is 2. The SMILES string of the molecule is CC(=O)O[C@@]12C[C@@H](C)[C@@]3(O)[C@@H](C4OC4(CO)C[C@]4(O)C(O)C(C)=C[C@@H]34)[C@H]1C2(C)C. The Hall–Kier alpha value is -0.990. The highest BCUT2D eigenvalue weighted by atomic mass is 16.6. The van der Waals surface area contributed by atoms with Crippen LogP contribution in [-0.4, -0.2) is 67.6 Å². The highest BCUT2D eigenvalue weighted by Crippen LogP contribution is 2.79. The summed E-state index contributed by atoms with van der Waals surface area (Å²) in [6.07, 6.45) is 0.754. The van der Waals surface area contributed by atoms with Crippen LogP contribution in [0.5, 0.6) is 0 Å². The van der Waals surface area contributed by atoms with E-state index < -0.39 is 46.4 Å². The molecule has 4 fully saturated rings. The number of aliphatic hydroxyl groups is 4. The maximum Gasteiger partial charge on any atom is 0.303 e. The fraction of sp³-hybridized carbons (Fsp3) is 0.864. The molecule has 3 unspecified atom stereocenters. The predicted octanol–water partition coefficient (Wildman–Crippen LogP) is 0.533. The Kier molecular flexibility index (Phi) is 3.61. The average Bonchev–Trinajstić information content (AvgIpc) is 3.41. The summed E-state index contributed by atoms with van der Waals surface area (Å²) in [5.41, 5.74) is -4.41. The van der Waals surface area contributed by atoms with Gasteiger partial charge in [0, 0.05) is 36.5 Å². The summed E-state index contributed by atoms with van der Waals surface area (Å²) in [6.45, 7) is 8.87. The summed E-state index contributed by atoms with van der Waals surface area (Å²) in [7, 11) is 0. The van der Waals surface area contributed by atoms with Gasteiger partial charge in [-0.05, 0) is 24.8 Å². The second kappa shape index (κ2) is 5.25. The molecule has 1 heterocycles. The average molecular weight is 408 g/mol. The Balaban J connectivity index is 1.69. The van der Waals surface area contributed by atoms with E-state index in [0.717, 1.165) is 0 Å². The lowest BCUT2D eigenvalue weighted by Crippen LogP contribution is -2.63. The molecule has 0 aromatic rings. The van der Waals surface area contributed by atoms with Crippen molar-refractivity contribution in [2.24, 2.45) is 29.1 Å². The molecular formula is C22H32O7. The van der Waals surface area contributed by atoms with Crippen LogP contribution in [0, 0.1) is 29.1 Å². The molecule has 162 valence electrons. The van der Waals surface area contributed by atoms with Gasteiger partial charge < -0.3 is 29.9 Å². The largest absolute Gasteiger partial charge is 0.458 e. The Morgan fingerprint density at radius 2 is 2.00 bits per heavy atom. The van der Waals surface area contributed by atoms with Gasteiger partial charge in [0.25, 0.3) is 0 Å². The second-order valence-electron chi connectivity index (χ2n) is 10.9. The zero-order chi connectivity index (χ0) is 21.4. The molecular weight excluding hydrogens is 376 g/mol. The molecule has 0 aromatic heterocycles. The summed E-state index contributed by atoms with van der Waals surface area (Å²) in [4.78, 5) is 11.9. The van der Waals surface area contributed by atoms with Gasteiger partial charge >= 0.3 is 5.97 Å². The third-order valence-corrected chi connectivity index (χ3v) is 9.28. The second-order valence-corrected chi connectivity index (χ2v) is 10.9. The number of hydrogen-bond acceptors (Lipinski definition) is 7. The third-order valence-electron chi connectivity index (χ3n) is 9.28. The van der Waals surface area contributed by atoms with Crippen molar-refractivity contribution < 1.29 is 34.7 Å². The van der Waals surface area contributed by atoms with Crippen molar-refractivity contribution in [3.63, 3.8) is 0 Å². The minimum Gasteiger partial charge on any atom is -0.458 e. The number of fused-ring (bicyclic) bond motifs is 7. The molecule has 7 heteroatoms. The van der Waals surface area contributed by atoms with E-state index in [4.69, 9.17) is 9.47 Å². The summed E-state index contributed by atoms with van der Waals surface area (Å²) in [5, 5.41) is 44.9. The van der Waals surface area contributed by atoms with E-state index in [2.05, 4.69) is 0 Å². The van der Waals surface area contributed by atoms with E-state index in [1.165, 1.54) is 6.92 Å². The van der Waals surface area contributed by atoms with E-state index in [9.17, 15) is 25.2 Å². The predicted molar refractivity (Wildman–Crippen MR) is 101 cm³/mol. The molecule has 0 spiro atoms. The lowest BCUT2D eigenvalue weighted by atomic mass is 9.59. The molecule has 0 radical (unpaired) electrons. The van der Waals surface area contributed by atoms with Crippen molar-refractivity contribution in [3.05, 3.63) is 11.6 Å². The van der Waals surface area contributed by atoms with Crippen molar-refractivity contribution in [2.45, 2.75) is 82.1 Å². The molecule has 10 atom stereocenters. The highest BCUT2D eigenvalue weighted by molar-refractivity contribution is 5.67.